The molecule has 0 spiro atoms. The smallest absolute Gasteiger partial charge is 0.335 e. The summed E-state index contributed by atoms with van der Waals surface area (Å²) in [5, 5.41) is 18.7. The fourth-order valence-corrected chi connectivity index (χ4v) is 2.20. The number of aliphatic imine (C=N–C) groups is 1. The highest BCUT2D eigenvalue weighted by atomic mass is 127. The van der Waals surface area contributed by atoms with Crippen LogP contribution >= 0.6 is 34.2 Å². The minimum Gasteiger partial charge on any atom is -0.507 e. The molecule has 0 amide bonds. The third kappa shape index (κ3) is 3.49. The molecule has 2 N–H and O–H groups in total. The van der Waals surface area contributed by atoms with Gasteiger partial charge in [0, 0.05) is 6.21 Å². The number of phenols is 1. The minimum atomic E-state index is -1.03. The molecule has 2 aromatic rings. The van der Waals surface area contributed by atoms with Crippen LogP contribution in [-0.2, 0) is 0 Å². The van der Waals surface area contributed by atoms with Crippen molar-refractivity contribution < 1.29 is 15.0 Å². The Balaban J connectivity index is 2.33. The van der Waals surface area contributed by atoms with Gasteiger partial charge in [-0.25, -0.2) is 4.79 Å². The van der Waals surface area contributed by atoms with Crippen LogP contribution in [0.2, 0.25) is 5.02 Å². The molecule has 0 aromatic heterocycles. The number of phenolic OH excluding ortho intramolecular Hbond substituents is 1. The molecule has 4 nitrogen and oxygen atoms in total. The summed E-state index contributed by atoms with van der Waals surface area (Å²) in [6.45, 7) is 0. The molecule has 0 saturated heterocycles. The molecule has 0 bridgehead atoms. The Hall–Kier alpha value is -1.60. The quantitative estimate of drug-likeness (QED) is 0.601. The van der Waals surface area contributed by atoms with Crippen molar-refractivity contribution >= 4 is 52.1 Å². The number of carboxylic acids is 1. The Labute approximate surface area is 133 Å². The number of carbonyl (C=O) groups is 1. The Bertz CT molecular complexity index is 701. The standard InChI is InChI=1S/C14H9ClINO3/c15-10-3-2-9(14(19)20)6-12(10)17-7-8-1-4-13(18)11(16)5-8/h1-7,18H,(H,19,20). The van der Waals surface area contributed by atoms with Crippen LogP contribution in [0.15, 0.2) is 41.4 Å². The zero-order valence-electron chi connectivity index (χ0n) is 10.0. The van der Waals surface area contributed by atoms with Crippen LogP contribution in [-0.4, -0.2) is 22.4 Å². The molecule has 0 unspecified atom stereocenters. The zero-order chi connectivity index (χ0) is 14.7. The Morgan fingerprint density at radius 3 is 2.65 bits per heavy atom. The van der Waals surface area contributed by atoms with Gasteiger partial charge in [-0.15, -0.1) is 0 Å². The van der Waals surface area contributed by atoms with Crippen LogP contribution in [0.5, 0.6) is 5.75 Å². The molecular weight excluding hydrogens is 393 g/mol. The van der Waals surface area contributed by atoms with Crippen LogP contribution in [0.4, 0.5) is 5.69 Å². The molecule has 6 heteroatoms. The average molecular weight is 402 g/mol. The van der Waals surface area contributed by atoms with E-state index in [0.29, 0.717) is 14.3 Å². The van der Waals surface area contributed by atoms with Crippen LogP contribution < -0.4 is 0 Å². The normalized spacial score (nSPS) is 10.9. The molecule has 0 aliphatic heterocycles. The lowest BCUT2D eigenvalue weighted by Crippen LogP contribution is -1.95. The van der Waals surface area contributed by atoms with E-state index in [9.17, 15) is 9.90 Å². The van der Waals surface area contributed by atoms with Gasteiger partial charge in [0.2, 0.25) is 0 Å². The first kappa shape index (κ1) is 14.8. The molecule has 0 heterocycles. The second-order valence-corrected chi connectivity index (χ2v) is 5.51. The number of aromatic hydroxyl groups is 1. The van der Waals surface area contributed by atoms with Gasteiger partial charge in [0.15, 0.2) is 0 Å². The Kier molecular flexibility index (Phi) is 4.61. The largest absolute Gasteiger partial charge is 0.507 e. The summed E-state index contributed by atoms with van der Waals surface area (Å²) in [7, 11) is 0. The average Bonchev–Trinajstić information content (AvgIpc) is 2.41. The summed E-state index contributed by atoms with van der Waals surface area (Å²) >= 11 is 7.99. The molecule has 102 valence electrons. The van der Waals surface area contributed by atoms with Crippen molar-refractivity contribution in [2.45, 2.75) is 0 Å². The summed E-state index contributed by atoms with van der Waals surface area (Å²) in [6.07, 6.45) is 1.56. The number of halogens is 2. The monoisotopic (exact) mass is 401 g/mol. The number of carboxylic acid groups (broad SMARTS) is 1. The second-order valence-electron chi connectivity index (χ2n) is 3.94. The lowest BCUT2D eigenvalue weighted by atomic mass is 10.2. The number of hydrogen-bond acceptors (Lipinski definition) is 3. The minimum absolute atomic E-state index is 0.127. The van der Waals surface area contributed by atoms with Gasteiger partial charge in [0.25, 0.3) is 0 Å². The van der Waals surface area contributed by atoms with E-state index in [1.54, 1.807) is 24.4 Å². The maximum atomic E-state index is 10.9. The van der Waals surface area contributed by atoms with Crippen LogP contribution in [0.3, 0.4) is 0 Å². The van der Waals surface area contributed by atoms with E-state index in [4.69, 9.17) is 16.7 Å². The molecule has 0 fully saturated rings. The van der Waals surface area contributed by atoms with Gasteiger partial charge in [-0.2, -0.15) is 0 Å². The molecule has 0 aliphatic carbocycles. The molecular formula is C14H9ClINO3. The third-order valence-electron chi connectivity index (χ3n) is 2.52. The lowest BCUT2D eigenvalue weighted by molar-refractivity contribution is 0.0697. The van der Waals surface area contributed by atoms with Gasteiger partial charge in [0.05, 0.1) is 19.8 Å². The Morgan fingerprint density at radius 2 is 2.00 bits per heavy atom. The van der Waals surface area contributed by atoms with Gasteiger partial charge in [-0.05, 0) is 64.6 Å². The topological polar surface area (TPSA) is 69.9 Å². The number of nitrogens with zero attached hydrogens (tertiary/aromatic N) is 1. The van der Waals surface area contributed by atoms with E-state index in [2.05, 4.69) is 4.99 Å². The van der Waals surface area contributed by atoms with Crippen molar-refractivity contribution in [3.8, 4) is 5.75 Å². The number of benzene rings is 2. The maximum Gasteiger partial charge on any atom is 0.335 e. The van der Waals surface area contributed by atoms with Crippen molar-refractivity contribution in [2.24, 2.45) is 4.99 Å². The number of aromatic carboxylic acids is 1. The van der Waals surface area contributed by atoms with Crippen LogP contribution in [0.25, 0.3) is 0 Å². The molecule has 0 aliphatic rings. The summed E-state index contributed by atoms with van der Waals surface area (Å²) in [5.41, 5.74) is 1.29. The van der Waals surface area contributed by atoms with E-state index in [-0.39, 0.29) is 11.3 Å². The van der Waals surface area contributed by atoms with E-state index in [1.165, 1.54) is 18.2 Å². The number of rotatable bonds is 3. The highest BCUT2D eigenvalue weighted by Gasteiger charge is 2.06. The van der Waals surface area contributed by atoms with Crippen molar-refractivity contribution in [1.82, 2.24) is 0 Å². The van der Waals surface area contributed by atoms with Crippen molar-refractivity contribution in [1.29, 1.82) is 0 Å². The first-order valence-corrected chi connectivity index (χ1v) is 6.98. The molecule has 20 heavy (non-hydrogen) atoms. The maximum absolute atomic E-state index is 10.9. The third-order valence-corrected chi connectivity index (χ3v) is 3.70. The first-order valence-electron chi connectivity index (χ1n) is 5.53. The highest BCUT2D eigenvalue weighted by molar-refractivity contribution is 14.1. The fraction of sp³-hybridized carbons (Fsp3) is 0. The van der Waals surface area contributed by atoms with Gasteiger partial charge < -0.3 is 10.2 Å². The summed E-state index contributed by atoms with van der Waals surface area (Å²) in [4.78, 5) is 15.1. The first-order chi connectivity index (χ1) is 9.47. The molecule has 0 saturated carbocycles. The van der Waals surface area contributed by atoms with E-state index < -0.39 is 5.97 Å². The van der Waals surface area contributed by atoms with E-state index in [1.807, 2.05) is 22.6 Å². The fourth-order valence-electron chi connectivity index (χ4n) is 1.49. The van der Waals surface area contributed by atoms with Crippen molar-refractivity contribution in [3.63, 3.8) is 0 Å². The second kappa shape index (κ2) is 6.23. The predicted octanol–water partition coefficient (Wildman–Crippen LogP) is 4.10. The number of hydrogen-bond donors (Lipinski definition) is 2. The molecule has 2 aromatic carbocycles. The lowest BCUT2D eigenvalue weighted by Gasteiger charge is -2.01. The molecule has 0 radical (unpaired) electrons. The van der Waals surface area contributed by atoms with E-state index in [0.717, 1.165) is 5.56 Å². The van der Waals surface area contributed by atoms with Crippen molar-refractivity contribution in [2.75, 3.05) is 0 Å². The van der Waals surface area contributed by atoms with Crippen LogP contribution in [0, 0.1) is 3.57 Å². The molecule has 0 atom stereocenters. The van der Waals surface area contributed by atoms with Gasteiger partial charge in [-0.1, -0.05) is 11.6 Å². The van der Waals surface area contributed by atoms with Crippen molar-refractivity contribution in [3.05, 3.63) is 56.1 Å². The van der Waals surface area contributed by atoms with Gasteiger partial charge >= 0.3 is 5.97 Å². The highest BCUT2D eigenvalue weighted by Crippen LogP contribution is 2.26. The summed E-state index contributed by atoms with van der Waals surface area (Å²) in [6, 6.07) is 9.36. The van der Waals surface area contributed by atoms with Gasteiger partial charge in [0.1, 0.15) is 5.75 Å². The SMILES string of the molecule is O=C(O)c1ccc(Cl)c(N=Cc2ccc(O)c(I)c2)c1. The molecule has 2 rings (SSSR count). The zero-order valence-corrected chi connectivity index (χ0v) is 13.0. The summed E-state index contributed by atoms with van der Waals surface area (Å²) in [5.74, 6) is -0.828. The predicted molar refractivity (Wildman–Crippen MR) is 86.5 cm³/mol. The van der Waals surface area contributed by atoms with Crippen LogP contribution in [0.1, 0.15) is 15.9 Å². The Morgan fingerprint density at radius 1 is 1.25 bits per heavy atom. The van der Waals surface area contributed by atoms with Gasteiger partial charge in [-0.3, -0.25) is 4.99 Å². The summed E-state index contributed by atoms with van der Waals surface area (Å²) < 4.78 is 0.705. The van der Waals surface area contributed by atoms with E-state index >= 15 is 0 Å².